The molecule has 0 amide bonds. The molecule has 1 saturated carbocycles. The van der Waals surface area contributed by atoms with Gasteiger partial charge in [0.2, 0.25) is 0 Å². The topological polar surface area (TPSA) is 51.8 Å². The molecule has 1 aliphatic carbocycles. The van der Waals surface area contributed by atoms with Gasteiger partial charge in [-0.15, -0.1) is 0 Å². The standard InChI is InChI=1S/C15H15F2N3/c1-7-3-6-10(12(17)11(7)16)13-8(2)14(18)20-15(19-13)9-4-5-9/h3,6,9H,4-5H2,1-2H3,(H2,18,19,20). The lowest BCUT2D eigenvalue weighted by atomic mass is 10.0. The van der Waals surface area contributed by atoms with Gasteiger partial charge < -0.3 is 5.73 Å². The number of benzene rings is 1. The summed E-state index contributed by atoms with van der Waals surface area (Å²) in [5.74, 6) is -0.462. The van der Waals surface area contributed by atoms with E-state index in [2.05, 4.69) is 9.97 Å². The predicted octanol–water partition coefficient (Wildman–Crippen LogP) is 3.50. The van der Waals surface area contributed by atoms with Crippen LogP contribution in [0.2, 0.25) is 0 Å². The predicted molar refractivity (Wildman–Crippen MR) is 73.2 cm³/mol. The van der Waals surface area contributed by atoms with E-state index in [0.29, 0.717) is 28.8 Å². The van der Waals surface area contributed by atoms with E-state index in [1.807, 2.05) is 0 Å². The summed E-state index contributed by atoms with van der Waals surface area (Å²) in [5, 5.41) is 0. The second-order valence-electron chi connectivity index (χ2n) is 5.27. The summed E-state index contributed by atoms with van der Waals surface area (Å²) >= 11 is 0. The van der Waals surface area contributed by atoms with Gasteiger partial charge in [0.1, 0.15) is 11.6 Å². The number of hydrogen-bond donors (Lipinski definition) is 1. The van der Waals surface area contributed by atoms with E-state index in [0.717, 1.165) is 12.8 Å². The van der Waals surface area contributed by atoms with E-state index in [-0.39, 0.29) is 11.1 Å². The van der Waals surface area contributed by atoms with Crippen LogP contribution in [-0.2, 0) is 0 Å². The van der Waals surface area contributed by atoms with Gasteiger partial charge in [0.05, 0.1) is 5.69 Å². The highest BCUT2D eigenvalue weighted by Crippen LogP contribution is 2.40. The number of nitrogen functional groups attached to an aromatic ring is 1. The fourth-order valence-corrected chi connectivity index (χ4v) is 2.17. The van der Waals surface area contributed by atoms with Crippen LogP contribution in [0.25, 0.3) is 11.3 Å². The van der Waals surface area contributed by atoms with Crippen molar-refractivity contribution in [3.8, 4) is 11.3 Å². The van der Waals surface area contributed by atoms with Crippen LogP contribution in [0.5, 0.6) is 0 Å². The Hall–Kier alpha value is -2.04. The van der Waals surface area contributed by atoms with Crippen LogP contribution in [0.1, 0.15) is 35.7 Å². The quantitative estimate of drug-likeness (QED) is 0.912. The molecule has 0 unspecified atom stereocenters. The molecule has 1 aromatic carbocycles. The summed E-state index contributed by atoms with van der Waals surface area (Å²) in [5.41, 5.74) is 7.25. The van der Waals surface area contributed by atoms with Crippen molar-refractivity contribution in [2.75, 3.05) is 5.73 Å². The van der Waals surface area contributed by atoms with Crippen molar-refractivity contribution in [3.63, 3.8) is 0 Å². The number of aromatic nitrogens is 2. The van der Waals surface area contributed by atoms with E-state index in [1.54, 1.807) is 19.1 Å². The van der Waals surface area contributed by atoms with Crippen LogP contribution in [0.3, 0.4) is 0 Å². The first-order valence-electron chi connectivity index (χ1n) is 6.58. The van der Waals surface area contributed by atoms with Gasteiger partial charge >= 0.3 is 0 Å². The third kappa shape index (κ3) is 2.03. The summed E-state index contributed by atoms with van der Waals surface area (Å²) in [7, 11) is 0. The molecule has 1 heterocycles. The van der Waals surface area contributed by atoms with E-state index in [4.69, 9.17) is 5.73 Å². The SMILES string of the molecule is Cc1ccc(-c2nc(C3CC3)nc(N)c2C)c(F)c1F. The van der Waals surface area contributed by atoms with Crippen LogP contribution in [-0.4, -0.2) is 9.97 Å². The number of hydrogen-bond acceptors (Lipinski definition) is 3. The zero-order valence-electron chi connectivity index (χ0n) is 11.4. The summed E-state index contributed by atoms with van der Waals surface area (Å²) in [6.07, 6.45) is 2.04. The fourth-order valence-electron chi connectivity index (χ4n) is 2.17. The Morgan fingerprint density at radius 2 is 1.80 bits per heavy atom. The molecule has 3 rings (SSSR count). The second-order valence-corrected chi connectivity index (χ2v) is 5.27. The Morgan fingerprint density at radius 3 is 2.45 bits per heavy atom. The Morgan fingerprint density at radius 1 is 1.10 bits per heavy atom. The first-order chi connectivity index (χ1) is 9.49. The van der Waals surface area contributed by atoms with Gasteiger partial charge in [-0.2, -0.15) is 0 Å². The lowest BCUT2D eigenvalue weighted by Crippen LogP contribution is -2.05. The number of nitrogens with zero attached hydrogens (tertiary/aromatic N) is 2. The molecule has 2 aromatic rings. The molecule has 0 atom stereocenters. The van der Waals surface area contributed by atoms with E-state index < -0.39 is 11.6 Å². The van der Waals surface area contributed by atoms with Gasteiger partial charge in [0, 0.05) is 17.0 Å². The van der Waals surface area contributed by atoms with Crippen molar-refractivity contribution in [2.24, 2.45) is 0 Å². The molecule has 0 aliphatic heterocycles. The monoisotopic (exact) mass is 275 g/mol. The highest BCUT2D eigenvalue weighted by molar-refractivity contribution is 5.68. The molecule has 2 N–H and O–H groups in total. The van der Waals surface area contributed by atoms with Gasteiger partial charge in [-0.05, 0) is 38.3 Å². The molecule has 20 heavy (non-hydrogen) atoms. The van der Waals surface area contributed by atoms with Gasteiger partial charge in [-0.25, -0.2) is 18.7 Å². The summed E-state index contributed by atoms with van der Waals surface area (Å²) in [6.45, 7) is 3.25. The minimum Gasteiger partial charge on any atom is -0.383 e. The summed E-state index contributed by atoms with van der Waals surface area (Å²) in [6, 6.07) is 3.08. The average Bonchev–Trinajstić information content (AvgIpc) is 3.24. The van der Waals surface area contributed by atoms with Crippen molar-refractivity contribution in [3.05, 3.63) is 40.7 Å². The number of aryl methyl sites for hydroxylation is 1. The maximum Gasteiger partial charge on any atom is 0.168 e. The molecule has 0 saturated heterocycles. The molecule has 0 bridgehead atoms. The minimum atomic E-state index is -0.882. The van der Waals surface area contributed by atoms with Gasteiger partial charge in [-0.3, -0.25) is 0 Å². The molecular weight excluding hydrogens is 260 g/mol. The van der Waals surface area contributed by atoms with Crippen LogP contribution in [0.15, 0.2) is 12.1 Å². The number of rotatable bonds is 2. The molecular formula is C15H15F2N3. The average molecular weight is 275 g/mol. The molecule has 0 radical (unpaired) electrons. The maximum absolute atomic E-state index is 14.1. The largest absolute Gasteiger partial charge is 0.383 e. The first kappa shape index (κ1) is 13.0. The van der Waals surface area contributed by atoms with Gasteiger partial charge in [0.15, 0.2) is 11.6 Å². The van der Waals surface area contributed by atoms with Crippen molar-refractivity contribution >= 4 is 5.82 Å². The number of nitrogens with two attached hydrogens (primary N) is 1. The zero-order valence-corrected chi connectivity index (χ0v) is 11.4. The van der Waals surface area contributed by atoms with E-state index in [9.17, 15) is 8.78 Å². The van der Waals surface area contributed by atoms with Crippen LogP contribution >= 0.6 is 0 Å². The molecule has 3 nitrogen and oxygen atoms in total. The minimum absolute atomic E-state index is 0.140. The maximum atomic E-state index is 14.1. The number of halogens is 2. The normalized spacial score (nSPS) is 14.6. The van der Waals surface area contributed by atoms with Crippen molar-refractivity contribution in [2.45, 2.75) is 32.6 Å². The van der Waals surface area contributed by atoms with Crippen molar-refractivity contribution in [1.82, 2.24) is 9.97 Å². The zero-order chi connectivity index (χ0) is 14.4. The third-order valence-electron chi connectivity index (χ3n) is 3.67. The Balaban J connectivity index is 2.21. The Kier molecular flexibility index (Phi) is 2.92. The molecule has 1 fully saturated rings. The molecule has 1 aromatic heterocycles. The smallest absolute Gasteiger partial charge is 0.168 e. The molecule has 1 aliphatic rings. The van der Waals surface area contributed by atoms with Crippen LogP contribution < -0.4 is 5.73 Å². The Bertz CT molecular complexity index is 694. The summed E-state index contributed by atoms with van der Waals surface area (Å²) < 4.78 is 27.9. The van der Waals surface area contributed by atoms with Crippen LogP contribution in [0.4, 0.5) is 14.6 Å². The van der Waals surface area contributed by atoms with Crippen LogP contribution in [0, 0.1) is 25.5 Å². The first-order valence-corrected chi connectivity index (χ1v) is 6.58. The van der Waals surface area contributed by atoms with E-state index in [1.165, 1.54) is 6.92 Å². The lowest BCUT2D eigenvalue weighted by molar-refractivity contribution is 0.505. The Labute approximate surface area is 115 Å². The highest BCUT2D eigenvalue weighted by Gasteiger charge is 2.28. The van der Waals surface area contributed by atoms with E-state index >= 15 is 0 Å². The molecule has 5 heteroatoms. The van der Waals surface area contributed by atoms with Crippen molar-refractivity contribution < 1.29 is 8.78 Å². The lowest BCUT2D eigenvalue weighted by Gasteiger charge is -2.11. The highest BCUT2D eigenvalue weighted by atomic mass is 19.2. The molecule has 104 valence electrons. The van der Waals surface area contributed by atoms with Gasteiger partial charge in [-0.1, -0.05) is 6.07 Å². The second kappa shape index (κ2) is 4.51. The molecule has 0 spiro atoms. The summed E-state index contributed by atoms with van der Waals surface area (Å²) in [4.78, 5) is 8.64. The third-order valence-corrected chi connectivity index (χ3v) is 3.67. The van der Waals surface area contributed by atoms with Gasteiger partial charge in [0.25, 0.3) is 0 Å². The number of anilines is 1. The van der Waals surface area contributed by atoms with Crippen molar-refractivity contribution in [1.29, 1.82) is 0 Å². The fraction of sp³-hybridized carbons (Fsp3) is 0.333.